The van der Waals surface area contributed by atoms with E-state index in [9.17, 15) is 4.39 Å². The van der Waals surface area contributed by atoms with E-state index in [1.807, 2.05) is 79.7 Å². The van der Waals surface area contributed by atoms with Crippen LogP contribution in [0.1, 0.15) is 77.9 Å². The first-order chi connectivity index (χ1) is 24.6. The van der Waals surface area contributed by atoms with Crippen LogP contribution in [0.5, 0.6) is 0 Å². The highest BCUT2D eigenvalue weighted by Crippen LogP contribution is 2.12. The summed E-state index contributed by atoms with van der Waals surface area (Å²) in [7, 11) is 0. The van der Waals surface area contributed by atoms with Crippen molar-refractivity contribution in [1.82, 2.24) is 0 Å². The topological polar surface area (TPSA) is 0 Å². The molecule has 0 aliphatic heterocycles. The van der Waals surface area contributed by atoms with Crippen molar-refractivity contribution < 1.29 is 4.39 Å². The minimum absolute atomic E-state index is 0.284. The Morgan fingerprint density at radius 2 is 0.608 bits per heavy atom. The molecule has 0 aliphatic rings. The molecule has 0 atom stereocenters. The predicted octanol–water partition coefficient (Wildman–Crippen LogP) is 11.0. The van der Waals surface area contributed by atoms with Gasteiger partial charge in [-0.25, -0.2) is 4.39 Å². The van der Waals surface area contributed by atoms with Crippen molar-refractivity contribution in [3.8, 4) is 47.4 Å². The Morgan fingerprint density at radius 1 is 0.294 bits per heavy atom. The molecule has 0 saturated heterocycles. The lowest BCUT2D eigenvalue weighted by molar-refractivity contribution is 0.623. The Balaban J connectivity index is 0.000000198. The third-order valence-electron chi connectivity index (χ3n) is 8.35. The van der Waals surface area contributed by atoms with Gasteiger partial charge >= 0.3 is 0 Å². The summed E-state index contributed by atoms with van der Waals surface area (Å²) in [5.74, 6) is 24.8. The van der Waals surface area contributed by atoms with Crippen LogP contribution in [0.4, 0.5) is 4.39 Å². The quantitative estimate of drug-likeness (QED) is 0.143. The molecule has 0 radical (unpaired) electrons. The van der Waals surface area contributed by atoms with Crippen molar-refractivity contribution in [1.29, 1.82) is 0 Å². The monoisotopic (exact) mass is 658 g/mol. The highest BCUT2D eigenvalue weighted by molar-refractivity contribution is 5.51. The summed E-state index contributed by atoms with van der Waals surface area (Å²) in [6.07, 6.45) is 0. The van der Waals surface area contributed by atoms with Crippen molar-refractivity contribution in [3.05, 3.63) is 211 Å². The summed E-state index contributed by atoms with van der Waals surface area (Å²) >= 11 is 0. The SMILES string of the molecule is Cc1ccc(C#Cc2ccc(C#Cc3ccc(C)c(C)c3)cc2)c(F)c1.Cc1ccc(C#Cc2ccc(C#Cc3ccc(C)c(C)c3)cc2)cc1. The molecule has 51 heavy (non-hydrogen) atoms. The van der Waals surface area contributed by atoms with Gasteiger partial charge in [-0.2, -0.15) is 0 Å². The second-order valence-electron chi connectivity index (χ2n) is 12.6. The van der Waals surface area contributed by atoms with Crippen molar-refractivity contribution in [3.63, 3.8) is 0 Å². The maximum atomic E-state index is 13.8. The van der Waals surface area contributed by atoms with E-state index in [2.05, 4.69) is 124 Å². The van der Waals surface area contributed by atoms with Gasteiger partial charge in [0.25, 0.3) is 0 Å². The average molecular weight is 659 g/mol. The van der Waals surface area contributed by atoms with Gasteiger partial charge in [-0.3, -0.25) is 0 Å². The second kappa shape index (κ2) is 17.2. The van der Waals surface area contributed by atoms with Crippen molar-refractivity contribution in [2.75, 3.05) is 0 Å². The largest absolute Gasteiger partial charge is 0.206 e. The van der Waals surface area contributed by atoms with Gasteiger partial charge in [0.1, 0.15) is 5.82 Å². The number of hydrogen-bond acceptors (Lipinski definition) is 0. The maximum Gasteiger partial charge on any atom is 0.139 e. The van der Waals surface area contributed by atoms with Crippen LogP contribution in [0.25, 0.3) is 0 Å². The zero-order valence-electron chi connectivity index (χ0n) is 30.0. The first kappa shape index (κ1) is 35.8. The average Bonchev–Trinajstić information content (AvgIpc) is 3.13. The van der Waals surface area contributed by atoms with Crippen LogP contribution >= 0.6 is 0 Å². The van der Waals surface area contributed by atoms with Gasteiger partial charge in [-0.15, -0.1) is 0 Å². The maximum absolute atomic E-state index is 13.8. The Labute approximate surface area is 303 Å². The van der Waals surface area contributed by atoms with E-state index in [1.54, 1.807) is 6.07 Å². The molecule has 0 nitrogen and oxygen atoms in total. The minimum atomic E-state index is -0.284. The van der Waals surface area contributed by atoms with E-state index in [-0.39, 0.29) is 5.82 Å². The minimum Gasteiger partial charge on any atom is -0.206 e. The highest BCUT2D eigenvalue weighted by atomic mass is 19.1. The molecule has 0 amide bonds. The van der Waals surface area contributed by atoms with Crippen LogP contribution in [0.2, 0.25) is 0 Å². The number of hydrogen-bond donors (Lipinski definition) is 0. The van der Waals surface area contributed by atoms with Crippen molar-refractivity contribution in [2.24, 2.45) is 0 Å². The van der Waals surface area contributed by atoms with Crippen molar-refractivity contribution in [2.45, 2.75) is 41.5 Å². The smallest absolute Gasteiger partial charge is 0.139 e. The molecular formula is C50H39F. The third kappa shape index (κ3) is 11.0. The van der Waals surface area contributed by atoms with Gasteiger partial charge in [0.05, 0.1) is 5.56 Å². The fourth-order valence-electron chi connectivity index (χ4n) is 4.84. The van der Waals surface area contributed by atoms with Crippen LogP contribution in [0.3, 0.4) is 0 Å². The van der Waals surface area contributed by atoms with Gasteiger partial charge in [-0.1, -0.05) is 83.3 Å². The van der Waals surface area contributed by atoms with Gasteiger partial charge in [0, 0.05) is 38.9 Å². The first-order valence-electron chi connectivity index (χ1n) is 16.9. The molecule has 0 unspecified atom stereocenters. The molecule has 6 aromatic rings. The highest BCUT2D eigenvalue weighted by Gasteiger charge is 1.99. The van der Waals surface area contributed by atoms with E-state index in [0.717, 1.165) is 44.5 Å². The summed E-state index contributed by atoms with van der Waals surface area (Å²) in [5, 5.41) is 0. The molecule has 246 valence electrons. The van der Waals surface area contributed by atoms with Crippen LogP contribution in [0, 0.1) is 94.7 Å². The molecule has 1 heteroatoms. The molecular weight excluding hydrogens is 620 g/mol. The molecule has 0 heterocycles. The number of benzene rings is 6. The van der Waals surface area contributed by atoms with Crippen molar-refractivity contribution >= 4 is 0 Å². The van der Waals surface area contributed by atoms with E-state index in [1.165, 1.54) is 33.9 Å². The standard InChI is InChI=1S/C25H19F.C25H20/c1-18-4-14-24(25(26)16-18)15-13-22-9-7-21(8-10-22)11-12-23-6-5-19(2)20(3)17-23;1-19-4-7-22(8-5-19)10-11-23-12-14-24(15-13-23)16-17-25-9-6-20(2)21(3)18-25/h4-10,14,16-17H,1-3H3;4-9,12-15,18H,1-3H3. The molecule has 0 aromatic heterocycles. The fourth-order valence-corrected chi connectivity index (χ4v) is 4.84. The zero-order valence-corrected chi connectivity index (χ0v) is 30.0. The van der Waals surface area contributed by atoms with Gasteiger partial charge in [0.2, 0.25) is 0 Å². The van der Waals surface area contributed by atoms with Crippen LogP contribution in [-0.4, -0.2) is 0 Å². The zero-order chi connectivity index (χ0) is 36.2. The summed E-state index contributed by atoms with van der Waals surface area (Å²) in [6.45, 7) is 12.3. The Bertz CT molecular complexity index is 2410. The Hall–Kier alpha value is -6.51. The summed E-state index contributed by atoms with van der Waals surface area (Å²) < 4.78 is 13.8. The summed E-state index contributed by atoms with van der Waals surface area (Å²) in [5.41, 5.74) is 14.5. The van der Waals surface area contributed by atoms with Crippen LogP contribution in [-0.2, 0) is 0 Å². The molecule has 0 spiro atoms. The van der Waals surface area contributed by atoms with E-state index < -0.39 is 0 Å². The van der Waals surface area contributed by atoms with Gasteiger partial charge in [0.15, 0.2) is 0 Å². The molecule has 0 bridgehead atoms. The van der Waals surface area contributed by atoms with Gasteiger partial charge in [-0.05, 0) is 166 Å². The Kier molecular flexibility index (Phi) is 12.1. The Morgan fingerprint density at radius 3 is 0.980 bits per heavy atom. The van der Waals surface area contributed by atoms with E-state index >= 15 is 0 Å². The van der Waals surface area contributed by atoms with Crippen LogP contribution in [0.15, 0.2) is 127 Å². The predicted molar refractivity (Wildman–Crippen MR) is 211 cm³/mol. The molecule has 0 fully saturated rings. The first-order valence-corrected chi connectivity index (χ1v) is 16.9. The normalized spacial score (nSPS) is 9.63. The third-order valence-corrected chi connectivity index (χ3v) is 8.35. The van der Waals surface area contributed by atoms with Crippen LogP contribution < -0.4 is 0 Å². The lowest BCUT2D eigenvalue weighted by atomic mass is 10.1. The summed E-state index contributed by atoms with van der Waals surface area (Å²) in [6, 6.07) is 41.6. The lowest BCUT2D eigenvalue weighted by Crippen LogP contribution is -1.85. The van der Waals surface area contributed by atoms with Gasteiger partial charge < -0.3 is 0 Å². The fraction of sp³-hybridized carbons (Fsp3) is 0.120. The molecule has 0 aliphatic carbocycles. The van der Waals surface area contributed by atoms with E-state index in [4.69, 9.17) is 0 Å². The second-order valence-corrected chi connectivity index (χ2v) is 12.6. The summed E-state index contributed by atoms with van der Waals surface area (Å²) in [4.78, 5) is 0. The number of aryl methyl sites for hydroxylation is 6. The van der Waals surface area contributed by atoms with E-state index in [0.29, 0.717) is 5.56 Å². The number of rotatable bonds is 0. The number of halogens is 1. The molecule has 0 saturated carbocycles. The molecule has 6 aromatic carbocycles. The lowest BCUT2D eigenvalue weighted by Gasteiger charge is -1.99. The molecule has 0 N–H and O–H groups in total. The molecule has 6 rings (SSSR count).